The first kappa shape index (κ1) is 17.5. The zero-order chi connectivity index (χ0) is 18.2. The van der Waals surface area contributed by atoms with Crippen molar-refractivity contribution in [2.45, 2.75) is 12.0 Å². The molecule has 1 heterocycles. The molecule has 1 aliphatic heterocycles. The van der Waals surface area contributed by atoms with Crippen LogP contribution in [0.1, 0.15) is 22.3 Å². The van der Waals surface area contributed by atoms with Gasteiger partial charge in [0.2, 0.25) is 0 Å². The SMILES string of the molecule is C#CCN1C(=O)[C@](O)(CC(=O)c2ccc(Cl)cc2Cl)c2ccccc21. The van der Waals surface area contributed by atoms with Crippen LogP contribution in [0.5, 0.6) is 0 Å². The molecule has 1 atom stereocenters. The van der Waals surface area contributed by atoms with Crippen LogP contribution in [0.25, 0.3) is 0 Å². The first-order valence-corrected chi connectivity index (χ1v) is 8.19. The molecular formula is C19H13Cl2NO3. The van der Waals surface area contributed by atoms with Crippen molar-refractivity contribution >= 4 is 40.6 Å². The standard InChI is InChI=1S/C19H13Cl2NO3/c1-2-9-22-16-6-4-3-5-14(16)19(25,18(22)24)11-17(23)13-8-7-12(20)10-15(13)21/h1,3-8,10,25H,9,11H2/t19-/m0/s1. The van der Waals surface area contributed by atoms with E-state index in [-0.39, 0.29) is 17.1 Å². The highest BCUT2D eigenvalue weighted by Crippen LogP contribution is 2.43. The van der Waals surface area contributed by atoms with Gasteiger partial charge in [0.05, 0.1) is 23.7 Å². The molecule has 0 bridgehead atoms. The van der Waals surface area contributed by atoms with Crippen molar-refractivity contribution in [1.82, 2.24) is 0 Å². The van der Waals surface area contributed by atoms with E-state index in [0.717, 1.165) is 0 Å². The van der Waals surface area contributed by atoms with Crippen LogP contribution in [0.3, 0.4) is 0 Å². The molecule has 2 aromatic rings. The van der Waals surface area contributed by atoms with Crippen LogP contribution in [0.15, 0.2) is 42.5 Å². The molecule has 4 nitrogen and oxygen atoms in total. The molecule has 0 unspecified atom stereocenters. The Hall–Kier alpha value is -2.32. The molecule has 0 aromatic heterocycles. The molecule has 1 N–H and O–H groups in total. The average Bonchev–Trinajstić information content (AvgIpc) is 2.77. The summed E-state index contributed by atoms with van der Waals surface area (Å²) in [5.41, 5.74) is -0.926. The Morgan fingerprint density at radius 3 is 2.64 bits per heavy atom. The van der Waals surface area contributed by atoms with Crippen molar-refractivity contribution in [3.63, 3.8) is 0 Å². The van der Waals surface area contributed by atoms with Gasteiger partial charge in [0, 0.05) is 16.1 Å². The van der Waals surface area contributed by atoms with Crippen LogP contribution in [-0.4, -0.2) is 23.3 Å². The van der Waals surface area contributed by atoms with Gasteiger partial charge in [0.25, 0.3) is 5.91 Å². The fraction of sp³-hybridized carbons (Fsp3) is 0.158. The number of aliphatic hydroxyl groups is 1. The first-order chi connectivity index (χ1) is 11.9. The minimum Gasteiger partial charge on any atom is -0.375 e. The maximum Gasteiger partial charge on any atom is 0.265 e. The van der Waals surface area contributed by atoms with Crippen molar-refractivity contribution in [2.24, 2.45) is 0 Å². The molecule has 2 aromatic carbocycles. The number of rotatable bonds is 4. The van der Waals surface area contributed by atoms with Gasteiger partial charge in [-0.2, -0.15) is 0 Å². The van der Waals surface area contributed by atoms with Crippen molar-refractivity contribution in [2.75, 3.05) is 11.4 Å². The number of hydrogen-bond donors (Lipinski definition) is 1. The third-order valence-electron chi connectivity index (χ3n) is 4.14. The third kappa shape index (κ3) is 2.91. The molecule has 0 saturated carbocycles. The molecule has 0 saturated heterocycles. The van der Waals surface area contributed by atoms with Crippen molar-refractivity contribution in [3.05, 3.63) is 63.6 Å². The number of anilines is 1. The fourth-order valence-electron chi connectivity index (χ4n) is 2.97. The van der Waals surface area contributed by atoms with E-state index < -0.39 is 23.7 Å². The lowest BCUT2D eigenvalue weighted by Gasteiger charge is -2.22. The lowest BCUT2D eigenvalue weighted by atomic mass is 9.88. The minimum atomic E-state index is -1.98. The van der Waals surface area contributed by atoms with Gasteiger partial charge in [0.15, 0.2) is 11.4 Å². The highest BCUT2D eigenvalue weighted by atomic mass is 35.5. The molecule has 6 heteroatoms. The van der Waals surface area contributed by atoms with Gasteiger partial charge in [-0.1, -0.05) is 47.3 Å². The number of Topliss-reactive ketones (excluding diaryl/α,β-unsaturated/α-hetero) is 1. The monoisotopic (exact) mass is 373 g/mol. The minimum absolute atomic E-state index is 0.00798. The number of fused-ring (bicyclic) bond motifs is 1. The lowest BCUT2D eigenvalue weighted by Crippen LogP contribution is -2.42. The third-order valence-corrected chi connectivity index (χ3v) is 4.68. The molecular weight excluding hydrogens is 361 g/mol. The fourth-order valence-corrected chi connectivity index (χ4v) is 3.48. The number of nitrogens with zero attached hydrogens (tertiary/aromatic N) is 1. The molecule has 25 heavy (non-hydrogen) atoms. The van der Waals surface area contributed by atoms with Crippen LogP contribution in [-0.2, 0) is 10.4 Å². The number of carbonyl (C=O) groups is 2. The van der Waals surface area contributed by atoms with E-state index in [1.165, 1.54) is 23.1 Å². The van der Waals surface area contributed by atoms with E-state index in [1.807, 2.05) is 0 Å². The number of carbonyl (C=O) groups excluding carboxylic acids is 2. The summed E-state index contributed by atoms with van der Waals surface area (Å²) in [6.07, 6.45) is 4.88. The van der Waals surface area contributed by atoms with Crippen LogP contribution < -0.4 is 4.90 Å². The van der Waals surface area contributed by atoms with E-state index in [1.54, 1.807) is 24.3 Å². The normalized spacial score (nSPS) is 18.8. The van der Waals surface area contributed by atoms with Gasteiger partial charge in [-0.3, -0.25) is 14.5 Å². The van der Waals surface area contributed by atoms with Gasteiger partial charge < -0.3 is 5.11 Å². The highest BCUT2D eigenvalue weighted by Gasteiger charge is 2.50. The quantitative estimate of drug-likeness (QED) is 0.659. The number of amides is 1. The van der Waals surface area contributed by atoms with Gasteiger partial charge in [-0.25, -0.2) is 0 Å². The van der Waals surface area contributed by atoms with E-state index in [0.29, 0.717) is 16.3 Å². The summed E-state index contributed by atoms with van der Waals surface area (Å²) >= 11 is 11.9. The Balaban J connectivity index is 2.00. The van der Waals surface area contributed by atoms with E-state index in [9.17, 15) is 14.7 Å². The summed E-state index contributed by atoms with van der Waals surface area (Å²) < 4.78 is 0. The summed E-state index contributed by atoms with van der Waals surface area (Å²) in [7, 11) is 0. The first-order valence-electron chi connectivity index (χ1n) is 7.44. The Labute approximate surface area is 155 Å². The number of terminal acetylenes is 1. The summed E-state index contributed by atoms with van der Waals surface area (Å²) in [6, 6.07) is 11.2. The number of halogens is 2. The van der Waals surface area contributed by atoms with E-state index in [4.69, 9.17) is 29.6 Å². The van der Waals surface area contributed by atoms with Crippen LogP contribution in [0.2, 0.25) is 10.0 Å². The smallest absolute Gasteiger partial charge is 0.265 e. The molecule has 3 rings (SSSR count). The molecule has 0 fully saturated rings. The van der Waals surface area contributed by atoms with Gasteiger partial charge in [0.1, 0.15) is 0 Å². The van der Waals surface area contributed by atoms with Crippen LogP contribution >= 0.6 is 23.2 Å². The molecule has 126 valence electrons. The molecule has 1 amide bonds. The predicted molar refractivity (Wildman–Crippen MR) is 96.9 cm³/mol. The Morgan fingerprint density at radius 1 is 1.24 bits per heavy atom. The Bertz CT molecular complexity index is 919. The van der Waals surface area contributed by atoms with E-state index in [2.05, 4.69) is 5.92 Å². The lowest BCUT2D eigenvalue weighted by molar-refractivity contribution is -0.135. The number of hydrogen-bond acceptors (Lipinski definition) is 3. The van der Waals surface area contributed by atoms with E-state index >= 15 is 0 Å². The highest BCUT2D eigenvalue weighted by molar-refractivity contribution is 6.37. The number of para-hydroxylation sites is 1. The second-order valence-corrected chi connectivity index (χ2v) is 6.54. The van der Waals surface area contributed by atoms with Gasteiger partial charge in [-0.05, 0) is 24.3 Å². The molecule has 0 spiro atoms. The zero-order valence-electron chi connectivity index (χ0n) is 13.0. The predicted octanol–water partition coefficient (Wildman–Crippen LogP) is 3.43. The molecule has 0 aliphatic carbocycles. The Kier molecular flexibility index (Phi) is 4.57. The van der Waals surface area contributed by atoms with Crippen molar-refractivity contribution in [1.29, 1.82) is 0 Å². The summed E-state index contributed by atoms with van der Waals surface area (Å²) in [4.78, 5) is 26.7. The maximum absolute atomic E-state index is 12.8. The largest absolute Gasteiger partial charge is 0.375 e. The maximum atomic E-state index is 12.8. The number of benzene rings is 2. The molecule has 0 radical (unpaired) electrons. The summed E-state index contributed by atoms with van der Waals surface area (Å²) in [5.74, 6) is 1.31. The summed E-state index contributed by atoms with van der Waals surface area (Å²) in [5, 5.41) is 11.6. The van der Waals surface area contributed by atoms with Crippen molar-refractivity contribution < 1.29 is 14.7 Å². The van der Waals surface area contributed by atoms with Gasteiger partial charge in [-0.15, -0.1) is 6.42 Å². The van der Waals surface area contributed by atoms with Gasteiger partial charge >= 0.3 is 0 Å². The zero-order valence-corrected chi connectivity index (χ0v) is 14.5. The Morgan fingerprint density at radius 2 is 1.96 bits per heavy atom. The summed E-state index contributed by atoms with van der Waals surface area (Å²) in [6.45, 7) is 0.00798. The van der Waals surface area contributed by atoms with Crippen LogP contribution in [0, 0.1) is 12.3 Å². The number of ketones is 1. The van der Waals surface area contributed by atoms with Crippen molar-refractivity contribution in [3.8, 4) is 12.3 Å². The second-order valence-electron chi connectivity index (χ2n) is 5.70. The van der Waals surface area contributed by atoms with Crippen LogP contribution in [0.4, 0.5) is 5.69 Å². The topological polar surface area (TPSA) is 57.6 Å². The average molecular weight is 374 g/mol. The molecule has 1 aliphatic rings. The second kappa shape index (κ2) is 6.53.